The Kier molecular flexibility index (Phi) is 2.84. The molecular weight excluding hydrogens is 144 g/mol. The van der Waals surface area contributed by atoms with E-state index in [1.54, 1.807) is 0 Å². The molecule has 1 fully saturated rings. The molecule has 4 nitrogen and oxygen atoms in total. The summed E-state index contributed by atoms with van der Waals surface area (Å²) in [5.41, 5.74) is 5.03. The van der Waals surface area contributed by atoms with Crippen molar-refractivity contribution in [1.29, 1.82) is 0 Å². The summed E-state index contributed by atoms with van der Waals surface area (Å²) in [5, 5.41) is 8.86. The predicted molar refractivity (Wildman–Crippen MR) is 40.9 cm³/mol. The molecule has 0 spiro atoms. The number of carbonyl (C=O) groups excluding carboxylic acids is 1. The van der Waals surface area contributed by atoms with Crippen LogP contribution in [0.3, 0.4) is 0 Å². The number of amides is 1. The van der Waals surface area contributed by atoms with Gasteiger partial charge < -0.3 is 10.8 Å². The maximum Gasteiger partial charge on any atom is 0.231 e. The van der Waals surface area contributed by atoms with Crippen LogP contribution >= 0.6 is 0 Å². The van der Waals surface area contributed by atoms with Crippen molar-refractivity contribution in [3.8, 4) is 0 Å². The lowest BCUT2D eigenvalue weighted by atomic mass is 10.2. The number of likely N-dealkylation sites (tertiary alicyclic amines) is 1. The molecular formula is C7H14N2O2. The van der Waals surface area contributed by atoms with Gasteiger partial charge >= 0.3 is 0 Å². The third-order valence-electron chi connectivity index (χ3n) is 2.07. The second-order valence-corrected chi connectivity index (χ2v) is 2.92. The monoisotopic (exact) mass is 158 g/mol. The summed E-state index contributed by atoms with van der Waals surface area (Å²) in [5.74, 6) is -0.314. The fourth-order valence-electron chi connectivity index (χ4n) is 1.51. The first-order chi connectivity index (χ1) is 5.24. The Balaban J connectivity index is 2.37. The van der Waals surface area contributed by atoms with Crippen LogP contribution in [0, 0.1) is 0 Å². The summed E-state index contributed by atoms with van der Waals surface area (Å²) in [6, 6.07) is 0.155. The van der Waals surface area contributed by atoms with Crippen molar-refractivity contribution in [2.75, 3.05) is 19.7 Å². The number of aliphatic hydroxyl groups excluding tert-OH is 1. The van der Waals surface area contributed by atoms with Crippen LogP contribution in [0.4, 0.5) is 0 Å². The van der Waals surface area contributed by atoms with Gasteiger partial charge in [-0.05, 0) is 19.4 Å². The number of primary amides is 1. The van der Waals surface area contributed by atoms with E-state index in [0.29, 0.717) is 0 Å². The number of nitrogens with two attached hydrogens (primary N) is 1. The van der Waals surface area contributed by atoms with Gasteiger partial charge in [0, 0.05) is 6.04 Å². The Morgan fingerprint density at radius 1 is 1.73 bits per heavy atom. The zero-order chi connectivity index (χ0) is 8.27. The van der Waals surface area contributed by atoms with Crippen molar-refractivity contribution < 1.29 is 9.90 Å². The van der Waals surface area contributed by atoms with E-state index in [0.717, 1.165) is 19.4 Å². The number of rotatable bonds is 3. The topological polar surface area (TPSA) is 66.6 Å². The molecule has 1 atom stereocenters. The van der Waals surface area contributed by atoms with Gasteiger partial charge in [0.2, 0.25) is 5.91 Å². The van der Waals surface area contributed by atoms with Gasteiger partial charge in [-0.1, -0.05) is 0 Å². The molecule has 64 valence electrons. The maximum absolute atomic E-state index is 10.5. The molecule has 11 heavy (non-hydrogen) atoms. The van der Waals surface area contributed by atoms with Gasteiger partial charge in [-0.15, -0.1) is 0 Å². The van der Waals surface area contributed by atoms with Gasteiger partial charge in [-0.2, -0.15) is 0 Å². The smallest absolute Gasteiger partial charge is 0.231 e. The minimum atomic E-state index is -0.314. The van der Waals surface area contributed by atoms with Crippen LogP contribution < -0.4 is 5.73 Å². The Bertz CT molecular complexity index is 149. The maximum atomic E-state index is 10.5. The number of aliphatic hydroxyl groups is 1. The normalized spacial score (nSPS) is 25.7. The van der Waals surface area contributed by atoms with E-state index in [-0.39, 0.29) is 25.1 Å². The highest BCUT2D eigenvalue weighted by Gasteiger charge is 2.24. The summed E-state index contributed by atoms with van der Waals surface area (Å²) >= 11 is 0. The van der Waals surface area contributed by atoms with Crippen molar-refractivity contribution in [2.45, 2.75) is 18.9 Å². The van der Waals surface area contributed by atoms with Crippen LogP contribution in [0.15, 0.2) is 0 Å². The second kappa shape index (κ2) is 3.69. The van der Waals surface area contributed by atoms with Crippen molar-refractivity contribution >= 4 is 5.91 Å². The standard InChI is InChI=1S/C7H14N2O2/c8-7(11)4-9-3-1-2-6(9)5-10/h6,10H,1-5H2,(H2,8,11)/t6-/m0/s1. The molecule has 1 aliphatic rings. The van der Waals surface area contributed by atoms with E-state index in [1.807, 2.05) is 4.90 Å². The quantitative estimate of drug-likeness (QED) is 0.549. The van der Waals surface area contributed by atoms with E-state index >= 15 is 0 Å². The van der Waals surface area contributed by atoms with E-state index in [4.69, 9.17) is 10.8 Å². The molecule has 0 aromatic carbocycles. The number of hydrogen-bond acceptors (Lipinski definition) is 3. The summed E-state index contributed by atoms with van der Waals surface area (Å²) in [4.78, 5) is 12.4. The second-order valence-electron chi connectivity index (χ2n) is 2.92. The lowest BCUT2D eigenvalue weighted by Crippen LogP contribution is -2.38. The number of nitrogens with zero attached hydrogens (tertiary/aromatic N) is 1. The SMILES string of the molecule is NC(=O)CN1CCC[C@H]1CO. The largest absolute Gasteiger partial charge is 0.395 e. The van der Waals surface area contributed by atoms with Crippen LogP contribution in [0.2, 0.25) is 0 Å². The first-order valence-electron chi connectivity index (χ1n) is 3.87. The first kappa shape index (κ1) is 8.49. The van der Waals surface area contributed by atoms with Crippen LogP contribution in [0.5, 0.6) is 0 Å². The first-order valence-corrected chi connectivity index (χ1v) is 3.87. The van der Waals surface area contributed by atoms with Crippen molar-refractivity contribution in [1.82, 2.24) is 4.90 Å². The van der Waals surface area contributed by atoms with Crippen molar-refractivity contribution in [2.24, 2.45) is 5.73 Å². The fourth-order valence-corrected chi connectivity index (χ4v) is 1.51. The molecule has 1 heterocycles. The average molecular weight is 158 g/mol. The summed E-state index contributed by atoms with van der Waals surface area (Å²) < 4.78 is 0. The predicted octanol–water partition coefficient (Wildman–Crippen LogP) is -1.07. The van der Waals surface area contributed by atoms with Gasteiger partial charge in [-0.3, -0.25) is 9.69 Å². The molecule has 3 N–H and O–H groups in total. The molecule has 0 bridgehead atoms. The summed E-state index contributed by atoms with van der Waals surface area (Å²) in [6.45, 7) is 1.30. The van der Waals surface area contributed by atoms with Crippen molar-refractivity contribution in [3.05, 3.63) is 0 Å². The molecule has 0 saturated carbocycles. The molecule has 0 aromatic rings. The minimum Gasteiger partial charge on any atom is -0.395 e. The van der Waals surface area contributed by atoms with Crippen LogP contribution in [-0.2, 0) is 4.79 Å². The number of carbonyl (C=O) groups is 1. The third kappa shape index (κ3) is 2.17. The van der Waals surface area contributed by atoms with Crippen molar-refractivity contribution in [3.63, 3.8) is 0 Å². The highest BCUT2D eigenvalue weighted by Crippen LogP contribution is 2.15. The molecule has 1 amide bonds. The Morgan fingerprint density at radius 2 is 2.45 bits per heavy atom. The highest BCUT2D eigenvalue weighted by atomic mass is 16.3. The zero-order valence-corrected chi connectivity index (χ0v) is 6.49. The lowest BCUT2D eigenvalue weighted by Gasteiger charge is -2.20. The Labute approximate surface area is 66.0 Å². The fraction of sp³-hybridized carbons (Fsp3) is 0.857. The summed E-state index contributed by atoms with van der Waals surface area (Å²) in [7, 11) is 0. The van der Waals surface area contributed by atoms with Crippen LogP contribution in [0.1, 0.15) is 12.8 Å². The molecule has 1 aliphatic heterocycles. The molecule has 0 aromatic heterocycles. The Morgan fingerprint density at radius 3 is 3.00 bits per heavy atom. The minimum absolute atomic E-state index is 0.132. The van der Waals surface area contributed by atoms with E-state index in [2.05, 4.69) is 0 Å². The molecule has 0 radical (unpaired) electrons. The lowest BCUT2D eigenvalue weighted by molar-refractivity contribution is -0.119. The van der Waals surface area contributed by atoms with Gasteiger partial charge in [0.05, 0.1) is 13.2 Å². The van der Waals surface area contributed by atoms with Gasteiger partial charge in [0.1, 0.15) is 0 Å². The molecule has 4 heteroatoms. The molecule has 1 rings (SSSR count). The molecule has 1 saturated heterocycles. The van der Waals surface area contributed by atoms with E-state index in [9.17, 15) is 4.79 Å². The zero-order valence-electron chi connectivity index (χ0n) is 6.49. The Hall–Kier alpha value is -0.610. The van der Waals surface area contributed by atoms with E-state index < -0.39 is 0 Å². The number of hydrogen-bond donors (Lipinski definition) is 2. The summed E-state index contributed by atoms with van der Waals surface area (Å²) in [6.07, 6.45) is 2.03. The highest BCUT2D eigenvalue weighted by molar-refractivity contribution is 5.76. The van der Waals surface area contributed by atoms with Gasteiger partial charge in [-0.25, -0.2) is 0 Å². The third-order valence-corrected chi connectivity index (χ3v) is 2.07. The van der Waals surface area contributed by atoms with Gasteiger partial charge in [0.25, 0.3) is 0 Å². The molecule has 0 aliphatic carbocycles. The van der Waals surface area contributed by atoms with Crippen LogP contribution in [-0.4, -0.2) is 41.7 Å². The van der Waals surface area contributed by atoms with E-state index in [1.165, 1.54) is 0 Å². The van der Waals surface area contributed by atoms with Crippen LogP contribution in [0.25, 0.3) is 0 Å². The van der Waals surface area contributed by atoms with Gasteiger partial charge in [0.15, 0.2) is 0 Å². The molecule has 0 unspecified atom stereocenters. The average Bonchev–Trinajstić information content (AvgIpc) is 2.34.